The van der Waals surface area contributed by atoms with Crippen molar-refractivity contribution in [2.45, 2.75) is 6.92 Å². The summed E-state index contributed by atoms with van der Waals surface area (Å²) in [5.41, 5.74) is 3.59. The fourth-order valence-electron chi connectivity index (χ4n) is 2.71. The smallest absolute Gasteiger partial charge is 0.342 e. The van der Waals surface area contributed by atoms with Crippen LogP contribution in [0.2, 0.25) is 5.02 Å². The molecule has 1 heterocycles. The summed E-state index contributed by atoms with van der Waals surface area (Å²) >= 11 is 12.4. The van der Waals surface area contributed by atoms with Gasteiger partial charge in [0, 0.05) is 22.2 Å². The summed E-state index contributed by atoms with van der Waals surface area (Å²) in [6, 6.07) is 10.6. The number of hydrogen-bond acceptors (Lipinski definition) is 7. The molecule has 0 atom stereocenters. The van der Waals surface area contributed by atoms with Gasteiger partial charge in [0.1, 0.15) is 11.3 Å². The first-order valence-electron chi connectivity index (χ1n) is 8.87. The van der Waals surface area contributed by atoms with E-state index in [-0.39, 0.29) is 16.5 Å². The summed E-state index contributed by atoms with van der Waals surface area (Å²) in [7, 11) is 0. The number of thiocarbonyl (C=S) groups is 1. The standard InChI is InChI=1S/C20H15ClN4O5S2/c1-10(15-9-32-18(17(15)26)11-2-4-12(21)5-3-11)23-24-20(31)22-13-6-7-14(19(27)28)16(8-13)25(29)30/h2-9,26H,1H3,(H,27,28)(H2,22,24,31)/b23-10+. The van der Waals surface area contributed by atoms with Crippen LogP contribution in [0.25, 0.3) is 10.4 Å². The third-order valence-electron chi connectivity index (χ3n) is 4.27. The van der Waals surface area contributed by atoms with Crippen LogP contribution in [0.5, 0.6) is 5.75 Å². The number of carbonyl (C=O) groups is 1. The summed E-state index contributed by atoms with van der Waals surface area (Å²) in [5.74, 6) is -1.34. The maximum atomic E-state index is 11.1. The van der Waals surface area contributed by atoms with Crippen LogP contribution >= 0.6 is 35.2 Å². The second kappa shape index (κ2) is 9.73. The first kappa shape index (κ1) is 23.1. The molecule has 0 saturated carbocycles. The second-order valence-electron chi connectivity index (χ2n) is 6.39. The van der Waals surface area contributed by atoms with Crippen LogP contribution in [0.3, 0.4) is 0 Å². The Kier molecular flexibility index (Phi) is 7.03. The third-order valence-corrected chi connectivity index (χ3v) is 5.73. The molecule has 0 unspecified atom stereocenters. The molecule has 164 valence electrons. The monoisotopic (exact) mass is 490 g/mol. The quantitative estimate of drug-likeness (QED) is 0.162. The number of rotatable bonds is 6. The van der Waals surface area contributed by atoms with Gasteiger partial charge in [-0.15, -0.1) is 11.3 Å². The molecule has 3 rings (SSSR count). The number of halogens is 1. The summed E-state index contributed by atoms with van der Waals surface area (Å²) in [4.78, 5) is 22.1. The average molecular weight is 491 g/mol. The number of nitro groups is 1. The van der Waals surface area contributed by atoms with Gasteiger partial charge in [0.2, 0.25) is 0 Å². The zero-order valence-electron chi connectivity index (χ0n) is 16.3. The number of nitrogens with one attached hydrogen (secondary N) is 2. The minimum absolute atomic E-state index is 0.0226. The molecule has 0 spiro atoms. The number of aromatic carboxylic acids is 1. The number of thiophene rings is 1. The molecule has 0 bridgehead atoms. The maximum absolute atomic E-state index is 11.1. The molecule has 0 aliphatic heterocycles. The molecule has 4 N–H and O–H groups in total. The molecule has 1 aromatic heterocycles. The van der Waals surface area contributed by atoms with Crippen molar-refractivity contribution >= 4 is 63.3 Å². The largest absolute Gasteiger partial charge is 0.506 e. The van der Waals surface area contributed by atoms with E-state index in [0.717, 1.165) is 17.7 Å². The van der Waals surface area contributed by atoms with Crippen molar-refractivity contribution in [2.75, 3.05) is 5.32 Å². The molecule has 9 nitrogen and oxygen atoms in total. The summed E-state index contributed by atoms with van der Waals surface area (Å²) in [5, 5.41) is 39.9. The van der Waals surface area contributed by atoms with Gasteiger partial charge in [0.05, 0.1) is 21.1 Å². The molecule has 2 aromatic carbocycles. The number of carboxylic acids is 1. The van der Waals surface area contributed by atoms with E-state index in [9.17, 15) is 20.0 Å². The lowest BCUT2D eigenvalue weighted by Crippen LogP contribution is -2.25. The molecule has 32 heavy (non-hydrogen) atoms. The highest BCUT2D eigenvalue weighted by atomic mass is 35.5. The molecule has 0 aliphatic carbocycles. The minimum atomic E-state index is -1.40. The SMILES string of the molecule is C/C(=N\NC(=S)Nc1ccc(C(=O)O)c([N+](=O)[O-])c1)c1csc(-c2ccc(Cl)cc2)c1O. The van der Waals surface area contributed by atoms with Gasteiger partial charge in [-0.25, -0.2) is 4.79 Å². The number of aromatic hydroxyl groups is 1. The third kappa shape index (κ3) is 5.19. The number of carboxylic acid groups (broad SMARTS) is 1. The van der Waals surface area contributed by atoms with Crippen molar-refractivity contribution in [3.63, 3.8) is 0 Å². The first-order chi connectivity index (χ1) is 15.2. The molecule has 12 heteroatoms. The van der Waals surface area contributed by atoms with Gasteiger partial charge in [0.15, 0.2) is 5.11 Å². The van der Waals surface area contributed by atoms with Gasteiger partial charge in [-0.2, -0.15) is 5.10 Å². The van der Waals surface area contributed by atoms with Crippen molar-refractivity contribution in [1.82, 2.24) is 5.43 Å². The lowest BCUT2D eigenvalue weighted by Gasteiger charge is -2.09. The Morgan fingerprint density at radius 2 is 1.91 bits per heavy atom. The van der Waals surface area contributed by atoms with E-state index in [1.165, 1.54) is 17.4 Å². The Morgan fingerprint density at radius 3 is 2.53 bits per heavy atom. The average Bonchev–Trinajstić information content (AvgIpc) is 3.13. The highest BCUT2D eigenvalue weighted by molar-refractivity contribution is 7.80. The molecule has 0 aliphatic rings. The Labute approximate surface area is 196 Å². The molecule has 0 saturated heterocycles. The van der Waals surface area contributed by atoms with Crippen molar-refractivity contribution in [1.29, 1.82) is 0 Å². The first-order valence-corrected chi connectivity index (χ1v) is 10.5. The lowest BCUT2D eigenvalue weighted by molar-refractivity contribution is -0.385. The highest BCUT2D eigenvalue weighted by Crippen LogP contribution is 2.39. The zero-order valence-corrected chi connectivity index (χ0v) is 18.7. The molecule has 0 fully saturated rings. The molecule has 3 aromatic rings. The second-order valence-corrected chi connectivity index (χ2v) is 8.12. The van der Waals surface area contributed by atoms with Gasteiger partial charge in [-0.3, -0.25) is 15.5 Å². The number of nitrogens with zero attached hydrogens (tertiary/aromatic N) is 2. The van der Waals surface area contributed by atoms with Crippen LogP contribution in [-0.2, 0) is 0 Å². The summed E-state index contributed by atoms with van der Waals surface area (Å²) < 4.78 is 0. The number of benzene rings is 2. The number of hydrogen-bond donors (Lipinski definition) is 4. The van der Waals surface area contributed by atoms with E-state index >= 15 is 0 Å². The molecule has 0 radical (unpaired) electrons. The highest BCUT2D eigenvalue weighted by Gasteiger charge is 2.20. The van der Waals surface area contributed by atoms with E-state index in [4.69, 9.17) is 28.9 Å². The van der Waals surface area contributed by atoms with Gasteiger partial charge >= 0.3 is 5.97 Å². The zero-order chi connectivity index (χ0) is 23.4. The minimum Gasteiger partial charge on any atom is -0.506 e. The topological polar surface area (TPSA) is 137 Å². The molecule has 0 amide bonds. The summed E-state index contributed by atoms with van der Waals surface area (Å²) in [6.07, 6.45) is 0. The predicted molar refractivity (Wildman–Crippen MR) is 128 cm³/mol. The van der Waals surface area contributed by atoms with Crippen LogP contribution in [0, 0.1) is 10.1 Å². The van der Waals surface area contributed by atoms with Gasteiger partial charge in [-0.05, 0) is 49.0 Å². The number of nitro benzene ring substituents is 1. The molecular weight excluding hydrogens is 476 g/mol. The Morgan fingerprint density at radius 1 is 1.22 bits per heavy atom. The molecular formula is C20H15ClN4O5S2. The van der Waals surface area contributed by atoms with Crippen molar-refractivity contribution in [2.24, 2.45) is 5.10 Å². The van der Waals surface area contributed by atoms with Gasteiger partial charge < -0.3 is 15.5 Å². The van der Waals surface area contributed by atoms with Crippen molar-refractivity contribution in [3.05, 3.63) is 74.1 Å². The van der Waals surface area contributed by atoms with Crippen LogP contribution in [0.15, 0.2) is 52.9 Å². The Hall–Kier alpha value is -3.54. The van der Waals surface area contributed by atoms with Crippen molar-refractivity contribution in [3.8, 4) is 16.2 Å². The van der Waals surface area contributed by atoms with Crippen LogP contribution in [0.4, 0.5) is 11.4 Å². The van der Waals surface area contributed by atoms with Crippen LogP contribution < -0.4 is 10.7 Å². The van der Waals surface area contributed by atoms with Gasteiger partial charge in [-0.1, -0.05) is 23.7 Å². The Balaban J connectivity index is 1.72. The lowest BCUT2D eigenvalue weighted by atomic mass is 10.1. The van der Waals surface area contributed by atoms with E-state index in [1.807, 2.05) is 0 Å². The number of anilines is 1. The van der Waals surface area contributed by atoms with E-state index in [1.54, 1.807) is 36.6 Å². The van der Waals surface area contributed by atoms with Crippen LogP contribution in [-0.4, -0.2) is 31.9 Å². The fraction of sp³-hybridized carbons (Fsp3) is 0.0500. The van der Waals surface area contributed by atoms with E-state index in [2.05, 4.69) is 15.8 Å². The normalized spacial score (nSPS) is 11.1. The van der Waals surface area contributed by atoms with Gasteiger partial charge in [0.25, 0.3) is 5.69 Å². The predicted octanol–water partition coefficient (Wildman–Crippen LogP) is 5.09. The Bertz CT molecular complexity index is 1240. The van der Waals surface area contributed by atoms with E-state index in [0.29, 0.717) is 21.2 Å². The number of hydrazone groups is 1. The fourth-order valence-corrected chi connectivity index (χ4v) is 4.01. The van der Waals surface area contributed by atoms with E-state index < -0.39 is 22.1 Å². The van der Waals surface area contributed by atoms with Crippen molar-refractivity contribution < 1.29 is 19.9 Å². The maximum Gasteiger partial charge on any atom is 0.342 e. The summed E-state index contributed by atoms with van der Waals surface area (Å²) in [6.45, 7) is 1.68. The van der Waals surface area contributed by atoms with Crippen LogP contribution in [0.1, 0.15) is 22.8 Å².